The van der Waals surface area contributed by atoms with Crippen LogP contribution in [-0.2, 0) is 20.0 Å². The molecule has 0 atom stereocenters. The van der Waals surface area contributed by atoms with Gasteiger partial charge in [0.25, 0.3) is 0 Å². The van der Waals surface area contributed by atoms with Crippen molar-refractivity contribution >= 4 is 23.7 Å². The first kappa shape index (κ1) is 20.3. The molecular formula is C19H17FO6S. The Labute approximate surface area is 159 Å². The highest BCUT2D eigenvalue weighted by molar-refractivity contribution is 7.98. The van der Waals surface area contributed by atoms with Crippen LogP contribution in [0.1, 0.15) is 15.9 Å². The lowest BCUT2D eigenvalue weighted by Crippen LogP contribution is -2.14. The topological polar surface area (TPSA) is 82.1 Å². The van der Waals surface area contributed by atoms with Gasteiger partial charge in [0.2, 0.25) is 5.76 Å². The predicted octanol–water partition coefficient (Wildman–Crippen LogP) is 3.86. The Morgan fingerprint density at radius 3 is 2.44 bits per heavy atom. The van der Waals surface area contributed by atoms with Crippen molar-refractivity contribution in [2.45, 2.75) is 10.6 Å². The molecule has 0 aromatic heterocycles. The average molecular weight is 392 g/mol. The molecule has 0 saturated carbocycles. The summed E-state index contributed by atoms with van der Waals surface area (Å²) in [5.74, 6) is -3.42. The first-order valence-electron chi connectivity index (χ1n) is 7.69. The molecule has 0 aliphatic rings. The Hall–Kier alpha value is -3.00. The minimum absolute atomic E-state index is 0.0458. The van der Waals surface area contributed by atoms with Gasteiger partial charge >= 0.3 is 11.9 Å². The summed E-state index contributed by atoms with van der Waals surface area (Å²) in [6, 6.07) is 11.4. The van der Waals surface area contributed by atoms with Crippen molar-refractivity contribution in [1.82, 2.24) is 0 Å². The molecule has 0 saturated heterocycles. The van der Waals surface area contributed by atoms with Crippen molar-refractivity contribution in [2.75, 3.05) is 14.2 Å². The number of methoxy groups -OCH3 is 2. The number of ether oxygens (including phenoxy) is 3. The van der Waals surface area contributed by atoms with Gasteiger partial charge in [-0.2, -0.15) is 0 Å². The largest absolute Gasteiger partial charge is 0.500 e. The molecule has 0 aliphatic carbocycles. The Morgan fingerprint density at radius 2 is 1.85 bits per heavy atom. The third-order valence-corrected chi connectivity index (χ3v) is 4.43. The van der Waals surface area contributed by atoms with Gasteiger partial charge in [0.15, 0.2) is 0 Å². The van der Waals surface area contributed by atoms with Crippen LogP contribution >= 0.6 is 11.8 Å². The lowest BCUT2D eigenvalue weighted by molar-refractivity contribution is -0.138. The van der Waals surface area contributed by atoms with Gasteiger partial charge in [0.1, 0.15) is 23.4 Å². The van der Waals surface area contributed by atoms with Gasteiger partial charge in [-0.15, -0.1) is 11.8 Å². The number of carboxylic acids is 1. The van der Waals surface area contributed by atoms with Crippen molar-refractivity contribution in [3.8, 4) is 5.75 Å². The number of hydrogen-bond donors (Lipinski definition) is 1. The molecular weight excluding hydrogens is 375 g/mol. The Kier molecular flexibility index (Phi) is 7.25. The second-order valence-corrected chi connectivity index (χ2v) is 6.17. The van der Waals surface area contributed by atoms with E-state index in [1.807, 2.05) is 30.3 Å². The fraction of sp³-hybridized carbons (Fsp3) is 0.158. The normalized spacial score (nSPS) is 11.0. The number of hydrogen-bond acceptors (Lipinski definition) is 6. The zero-order chi connectivity index (χ0) is 19.8. The molecule has 0 unspecified atom stereocenters. The van der Waals surface area contributed by atoms with Gasteiger partial charge in [-0.05, 0) is 24.3 Å². The zero-order valence-corrected chi connectivity index (χ0v) is 15.4. The number of aromatic carboxylic acids is 1. The van der Waals surface area contributed by atoms with Gasteiger partial charge in [-0.3, -0.25) is 0 Å². The predicted molar refractivity (Wildman–Crippen MR) is 97.1 cm³/mol. The van der Waals surface area contributed by atoms with Crippen LogP contribution < -0.4 is 4.74 Å². The highest BCUT2D eigenvalue weighted by Crippen LogP contribution is 2.32. The van der Waals surface area contributed by atoms with Crippen molar-refractivity contribution in [1.29, 1.82) is 0 Å². The third-order valence-electron chi connectivity index (χ3n) is 3.39. The highest BCUT2D eigenvalue weighted by Gasteiger charge is 2.24. The second-order valence-electron chi connectivity index (χ2n) is 5.12. The fourth-order valence-electron chi connectivity index (χ4n) is 2.17. The lowest BCUT2D eigenvalue weighted by atomic mass is 10.1. The highest BCUT2D eigenvalue weighted by atomic mass is 32.2. The molecule has 1 N–H and O–H groups in total. The number of thioether (sulfide) groups is 1. The molecule has 0 aliphatic heterocycles. The maximum absolute atomic E-state index is 14.3. The summed E-state index contributed by atoms with van der Waals surface area (Å²) in [7, 11) is 2.43. The molecule has 0 heterocycles. The van der Waals surface area contributed by atoms with Crippen molar-refractivity contribution in [2.24, 2.45) is 0 Å². The Morgan fingerprint density at radius 1 is 1.15 bits per heavy atom. The Balaban J connectivity index is 2.39. The van der Waals surface area contributed by atoms with Crippen LogP contribution in [0.15, 0.2) is 59.4 Å². The fourth-order valence-corrected chi connectivity index (χ4v) is 3.12. The number of esters is 1. The average Bonchev–Trinajstić information content (AvgIpc) is 2.67. The molecule has 0 fully saturated rings. The van der Waals surface area contributed by atoms with Crippen molar-refractivity contribution in [3.05, 3.63) is 71.4 Å². The molecule has 0 spiro atoms. The van der Waals surface area contributed by atoms with E-state index in [-0.39, 0.29) is 28.4 Å². The maximum atomic E-state index is 14.3. The number of carbonyl (C=O) groups is 2. The first-order valence-corrected chi connectivity index (χ1v) is 8.68. The van der Waals surface area contributed by atoms with E-state index in [9.17, 15) is 19.1 Å². The van der Waals surface area contributed by atoms with Crippen LogP contribution in [0.4, 0.5) is 4.39 Å². The standard InChI is InChI=1S/C19H17FO6S/c1-24-10-16(19(23)25-2)26-15-9-8-14(20)13(17(15)18(21)22)11-27-12-6-4-3-5-7-12/h3-10H,11H2,1-2H3,(H,21,22). The van der Waals surface area contributed by atoms with Crippen molar-refractivity contribution < 1.29 is 33.3 Å². The molecule has 2 aromatic carbocycles. The van der Waals surface area contributed by atoms with Crippen LogP contribution in [0, 0.1) is 5.82 Å². The number of benzene rings is 2. The third kappa shape index (κ3) is 5.24. The van der Waals surface area contributed by atoms with Gasteiger partial charge in [0.05, 0.1) is 14.2 Å². The zero-order valence-electron chi connectivity index (χ0n) is 14.6. The quantitative estimate of drug-likeness (QED) is 0.316. The summed E-state index contributed by atoms with van der Waals surface area (Å²) in [6.45, 7) is 0. The molecule has 0 bridgehead atoms. The van der Waals surface area contributed by atoms with Gasteiger partial charge in [-0.1, -0.05) is 18.2 Å². The smallest absolute Gasteiger partial charge is 0.377 e. The van der Waals surface area contributed by atoms with E-state index in [2.05, 4.69) is 4.74 Å². The molecule has 2 rings (SSSR count). The summed E-state index contributed by atoms with van der Waals surface area (Å²) in [4.78, 5) is 24.3. The van der Waals surface area contributed by atoms with E-state index in [1.165, 1.54) is 18.9 Å². The number of rotatable bonds is 8. The Bertz CT molecular complexity index is 851. The van der Waals surface area contributed by atoms with Crippen LogP contribution in [0.25, 0.3) is 0 Å². The van der Waals surface area contributed by atoms with Gasteiger partial charge < -0.3 is 19.3 Å². The van der Waals surface area contributed by atoms with E-state index >= 15 is 0 Å². The number of carboxylic acid groups (broad SMARTS) is 1. The SMILES string of the molecule is COC=C(Oc1ccc(F)c(CSc2ccccc2)c1C(=O)O)C(=O)OC. The van der Waals surface area contributed by atoms with E-state index in [4.69, 9.17) is 9.47 Å². The maximum Gasteiger partial charge on any atom is 0.377 e. The molecule has 0 amide bonds. The second kappa shape index (κ2) is 9.63. The molecule has 6 nitrogen and oxygen atoms in total. The number of halogens is 1. The van der Waals surface area contributed by atoms with Gasteiger partial charge in [-0.25, -0.2) is 14.0 Å². The molecule has 2 aromatic rings. The van der Waals surface area contributed by atoms with Crippen LogP contribution in [0.5, 0.6) is 5.75 Å². The van der Waals surface area contributed by atoms with E-state index in [0.717, 1.165) is 30.4 Å². The minimum Gasteiger partial charge on any atom is -0.500 e. The number of carbonyl (C=O) groups excluding carboxylic acids is 1. The molecule has 8 heteroatoms. The summed E-state index contributed by atoms with van der Waals surface area (Å²) >= 11 is 1.28. The summed E-state index contributed by atoms with van der Waals surface area (Å²) in [6.07, 6.45) is 0.971. The minimum atomic E-state index is -1.38. The summed E-state index contributed by atoms with van der Waals surface area (Å²) in [5.41, 5.74) is -0.417. The van der Waals surface area contributed by atoms with E-state index < -0.39 is 17.8 Å². The van der Waals surface area contributed by atoms with Crippen molar-refractivity contribution in [3.63, 3.8) is 0 Å². The van der Waals surface area contributed by atoms with Crippen LogP contribution in [-0.4, -0.2) is 31.3 Å². The lowest BCUT2D eigenvalue weighted by Gasteiger charge is -2.14. The monoisotopic (exact) mass is 392 g/mol. The molecule has 142 valence electrons. The van der Waals surface area contributed by atoms with Crippen LogP contribution in [0.3, 0.4) is 0 Å². The van der Waals surface area contributed by atoms with Gasteiger partial charge in [0, 0.05) is 16.2 Å². The summed E-state index contributed by atoms with van der Waals surface area (Å²) < 4.78 is 29.0. The van der Waals surface area contributed by atoms with E-state index in [0.29, 0.717) is 0 Å². The first-order chi connectivity index (χ1) is 13.0. The van der Waals surface area contributed by atoms with E-state index in [1.54, 1.807) is 0 Å². The summed E-state index contributed by atoms with van der Waals surface area (Å²) in [5, 5.41) is 9.58. The van der Waals surface area contributed by atoms with Crippen LogP contribution in [0.2, 0.25) is 0 Å². The molecule has 0 radical (unpaired) electrons. The molecule has 27 heavy (non-hydrogen) atoms.